The smallest absolute Gasteiger partial charge is 0.00230 e. The van der Waals surface area contributed by atoms with E-state index in [1.807, 2.05) is 0 Å². The lowest BCUT2D eigenvalue weighted by Crippen LogP contribution is -2.12. The highest BCUT2D eigenvalue weighted by Gasteiger charge is 2.25. The summed E-state index contributed by atoms with van der Waals surface area (Å²) in [7, 11) is 0. The number of hydrogen-bond acceptors (Lipinski definition) is 0. The highest BCUT2D eigenvalue weighted by Crippen LogP contribution is 2.48. The molecule has 7 rings (SSSR count). The van der Waals surface area contributed by atoms with Crippen molar-refractivity contribution in [2.24, 2.45) is 0 Å². The van der Waals surface area contributed by atoms with E-state index in [-0.39, 0.29) is 10.8 Å². The minimum Gasteiger partial charge on any atom is -0.0654 e. The summed E-state index contributed by atoms with van der Waals surface area (Å²) in [6, 6.07) is 38.6. The summed E-state index contributed by atoms with van der Waals surface area (Å²) in [6.45, 7) is 18.8. The molecule has 7 aromatic carbocycles. The van der Waals surface area contributed by atoms with Gasteiger partial charge in [0.15, 0.2) is 0 Å². The van der Waals surface area contributed by atoms with Crippen LogP contribution in [0.4, 0.5) is 0 Å². The Balaban J connectivity index is 1.47. The third-order valence-corrected chi connectivity index (χ3v) is 11.6. The van der Waals surface area contributed by atoms with Gasteiger partial charge in [-0.2, -0.15) is 0 Å². The van der Waals surface area contributed by atoms with Crippen molar-refractivity contribution in [3.63, 3.8) is 0 Å². The van der Waals surface area contributed by atoms with Crippen LogP contribution in [0.15, 0.2) is 97.1 Å². The third-order valence-electron chi connectivity index (χ3n) is 11.6. The van der Waals surface area contributed by atoms with Crippen LogP contribution in [0, 0.1) is 0 Å². The zero-order valence-corrected chi connectivity index (χ0v) is 33.3. The van der Waals surface area contributed by atoms with E-state index in [0.29, 0.717) is 0 Å². The van der Waals surface area contributed by atoms with Crippen LogP contribution in [0.25, 0.3) is 65.3 Å². The van der Waals surface area contributed by atoms with E-state index in [0.717, 1.165) is 12.8 Å². The first-order valence-electron chi connectivity index (χ1n) is 20.4. The van der Waals surface area contributed by atoms with Gasteiger partial charge in [-0.1, -0.05) is 167 Å². The normalized spacial score (nSPS) is 12.6. The summed E-state index contributed by atoms with van der Waals surface area (Å²) in [5.74, 6) is 0. The van der Waals surface area contributed by atoms with Crippen molar-refractivity contribution < 1.29 is 0 Å². The van der Waals surface area contributed by atoms with Gasteiger partial charge in [-0.3, -0.25) is 0 Å². The predicted octanol–water partition coefficient (Wildman–Crippen LogP) is 15.9. The highest BCUT2D eigenvalue weighted by atomic mass is 14.3. The molecule has 0 saturated carbocycles. The largest absolute Gasteiger partial charge is 0.0654 e. The molecule has 0 nitrogen and oxygen atoms in total. The summed E-state index contributed by atoms with van der Waals surface area (Å²) < 4.78 is 0. The van der Waals surface area contributed by atoms with E-state index in [1.165, 1.54) is 139 Å². The van der Waals surface area contributed by atoms with Gasteiger partial charge in [0.1, 0.15) is 0 Å². The summed E-state index contributed by atoms with van der Waals surface area (Å²) in [4.78, 5) is 0. The molecule has 0 N–H and O–H groups in total. The lowest BCUT2D eigenvalue weighted by molar-refractivity contribution is 0.595. The first-order chi connectivity index (χ1) is 25.0. The van der Waals surface area contributed by atoms with Crippen molar-refractivity contribution in [2.75, 3.05) is 0 Å². The van der Waals surface area contributed by atoms with Crippen LogP contribution in [-0.4, -0.2) is 0 Å². The Hall–Kier alpha value is -4.16. The maximum atomic E-state index is 2.51. The van der Waals surface area contributed by atoms with Gasteiger partial charge in [0.2, 0.25) is 0 Å². The van der Waals surface area contributed by atoms with Crippen LogP contribution >= 0.6 is 0 Å². The molecule has 0 saturated heterocycles. The van der Waals surface area contributed by atoms with E-state index in [4.69, 9.17) is 0 Å². The van der Waals surface area contributed by atoms with Crippen LogP contribution in [0.5, 0.6) is 0 Å². The summed E-state index contributed by atoms with van der Waals surface area (Å²) in [5, 5.41) is 11.1. The lowest BCUT2D eigenvalue weighted by Gasteiger charge is -2.27. The highest BCUT2D eigenvalue weighted by molar-refractivity contribution is 6.34. The first kappa shape index (κ1) is 36.2. The molecule has 7 aromatic rings. The second kappa shape index (κ2) is 14.7. The van der Waals surface area contributed by atoms with Crippen molar-refractivity contribution in [1.82, 2.24) is 0 Å². The molecule has 0 amide bonds. The zero-order valence-electron chi connectivity index (χ0n) is 33.3. The summed E-state index contributed by atoms with van der Waals surface area (Å²) >= 11 is 0. The summed E-state index contributed by atoms with van der Waals surface area (Å²) in [6.07, 6.45) is 12.7. The van der Waals surface area contributed by atoms with Gasteiger partial charge in [0.25, 0.3) is 0 Å². The van der Waals surface area contributed by atoms with Crippen molar-refractivity contribution in [3.8, 4) is 22.3 Å². The van der Waals surface area contributed by atoms with Crippen LogP contribution < -0.4 is 0 Å². The average Bonchev–Trinajstić information content (AvgIpc) is 3.13. The van der Waals surface area contributed by atoms with E-state index >= 15 is 0 Å². The van der Waals surface area contributed by atoms with Gasteiger partial charge in [-0.15, -0.1) is 0 Å². The quantitative estimate of drug-likeness (QED) is 0.0683. The van der Waals surface area contributed by atoms with Crippen molar-refractivity contribution >= 4 is 43.1 Å². The Kier molecular flexibility index (Phi) is 10.2. The topological polar surface area (TPSA) is 0 Å². The molecule has 0 aliphatic heterocycles. The maximum absolute atomic E-state index is 2.51. The van der Waals surface area contributed by atoms with Crippen LogP contribution in [0.3, 0.4) is 0 Å². The van der Waals surface area contributed by atoms with Gasteiger partial charge >= 0.3 is 0 Å². The Bertz CT molecular complexity index is 2130. The Labute approximate surface area is 314 Å². The van der Waals surface area contributed by atoms with E-state index in [1.54, 1.807) is 0 Å². The lowest BCUT2D eigenvalue weighted by atomic mass is 9.77. The molecule has 0 bridgehead atoms. The molecule has 0 fully saturated rings. The van der Waals surface area contributed by atoms with Crippen LogP contribution in [0.1, 0.15) is 129 Å². The fourth-order valence-electron chi connectivity index (χ4n) is 8.72. The molecule has 0 aliphatic rings. The van der Waals surface area contributed by atoms with Crippen molar-refractivity contribution in [3.05, 3.63) is 119 Å². The predicted molar refractivity (Wildman–Crippen MR) is 232 cm³/mol. The molecule has 0 unspecified atom stereocenters. The monoisotopic (exact) mass is 684 g/mol. The van der Waals surface area contributed by atoms with Gasteiger partial charge in [0.05, 0.1) is 0 Å². The second-order valence-electron chi connectivity index (χ2n) is 17.7. The SMILES string of the molecule is CCCCCCc1ccc(-c2cc3c(C(C)(C)C)ccc4c5ccc(C(C)(C)C)c6cc(-c7ccc(CCCCCC)cc7)cc(c(c2)c34)c65)cc1. The van der Waals surface area contributed by atoms with Crippen LogP contribution in [-0.2, 0) is 23.7 Å². The van der Waals surface area contributed by atoms with Crippen LogP contribution in [0.2, 0.25) is 0 Å². The van der Waals surface area contributed by atoms with Crippen molar-refractivity contribution in [1.29, 1.82) is 0 Å². The van der Waals surface area contributed by atoms with Gasteiger partial charge < -0.3 is 0 Å². The number of unbranched alkanes of at least 4 members (excludes halogenated alkanes) is 6. The maximum Gasteiger partial charge on any atom is -0.00230 e. The Morgan fingerprint density at radius 3 is 1.06 bits per heavy atom. The van der Waals surface area contributed by atoms with Gasteiger partial charge in [-0.05, 0) is 148 Å². The third kappa shape index (κ3) is 7.11. The molecule has 0 radical (unpaired) electrons. The Morgan fingerprint density at radius 2 is 0.712 bits per heavy atom. The molecule has 0 atom stereocenters. The fourth-order valence-corrected chi connectivity index (χ4v) is 8.72. The average molecular weight is 685 g/mol. The number of benzene rings is 7. The molecule has 0 aromatic heterocycles. The fraction of sp³-hybridized carbons (Fsp3) is 0.385. The minimum atomic E-state index is 0.0165. The number of fused-ring (bicyclic) bond motifs is 2. The standard InChI is InChI=1S/C52H60/c1-9-11-13-15-17-35-19-23-37(24-20-35)39-31-43-44-32-40(38-25-21-36(22-26-38)18-16-14-12-10-2)34-46-48(52(6,7)8)30-28-42(50(44)46)41-27-29-47(51(3,4)5)45(33-39)49(41)43/h19-34H,9-18H2,1-8H3. The van der Waals surface area contributed by atoms with E-state index in [9.17, 15) is 0 Å². The molecule has 0 spiro atoms. The summed E-state index contributed by atoms with van der Waals surface area (Å²) in [5.41, 5.74) is 11.0. The minimum absolute atomic E-state index is 0.0165. The number of aryl methyl sites for hydroxylation is 2. The molecule has 0 heteroatoms. The van der Waals surface area contributed by atoms with E-state index in [2.05, 4.69) is 152 Å². The Morgan fingerprint density at radius 1 is 0.346 bits per heavy atom. The number of hydrogen-bond donors (Lipinski definition) is 0. The van der Waals surface area contributed by atoms with Crippen molar-refractivity contribution in [2.45, 2.75) is 130 Å². The molecule has 52 heavy (non-hydrogen) atoms. The number of rotatable bonds is 12. The van der Waals surface area contributed by atoms with E-state index < -0.39 is 0 Å². The molecule has 268 valence electrons. The zero-order chi connectivity index (χ0) is 36.6. The van der Waals surface area contributed by atoms with Gasteiger partial charge in [-0.25, -0.2) is 0 Å². The first-order valence-corrected chi connectivity index (χ1v) is 20.4. The molecular formula is C52H60. The second-order valence-corrected chi connectivity index (χ2v) is 17.7. The molecule has 0 heterocycles. The van der Waals surface area contributed by atoms with Gasteiger partial charge in [0, 0.05) is 0 Å². The molecular weight excluding hydrogens is 625 g/mol. The molecule has 0 aliphatic carbocycles.